The van der Waals surface area contributed by atoms with Gasteiger partial charge >= 0.3 is 0 Å². The molecule has 0 N–H and O–H groups in total. The van der Waals surface area contributed by atoms with Gasteiger partial charge in [-0.2, -0.15) is 0 Å². The molecule has 0 fully saturated rings. The molecule has 1 heteroatoms. The maximum atomic E-state index is 5.01. The largest absolute Gasteiger partial charge is 0.381 e. The Balaban J connectivity index is 2.23. The Hall–Kier alpha value is -2.30. The molecule has 0 saturated heterocycles. The molecule has 0 aromatic heterocycles. The van der Waals surface area contributed by atoms with Crippen LogP contribution in [0.3, 0.4) is 0 Å². The van der Waals surface area contributed by atoms with E-state index in [1.54, 1.807) is 7.11 Å². The maximum absolute atomic E-state index is 5.01. The van der Waals surface area contributed by atoms with Crippen molar-refractivity contribution in [3.63, 3.8) is 0 Å². The lowest BCUT2D eigenvalue weighted by Gasteiger charge is -1.98. The van der Waals surface area contributed by atoms with Crippen LogP contribution in [0.2, 0.25) is 0 Å². The highest BCUT2D eigenvalue weighted by molar-refractivity contribution is 5.60. The summed E-state index contributed by atoms with van der Waals surface area (Å²) in [6.45, 7) is 0.612. The molecule has 0 aliphatic rings. The Morgan fingerprint density at radius 3 is 2.47 bits per heavy atom. The van der Waals surface area contributed by atoms with E-state index in [1.807, 2.05) is 60.7 Å². The third-order valence-electron chi connectivity index (χ3n) is 2.64. The smallest absolute Gasteiger partial charge is 0.0646 e. The number of rotatable bonds is 3. The van der Waals surface area contributed by atoms with Gasteiger partial charge in [-0.25, -0.2) is 0 Å². The molecule has 0 atom stereocenters. The van der Waals surface area contributed by atoms with Gasteiger partial charge in [-0.3, -0.25) is 0 Å². The van der Waals surface area contributed by atoms with Gasteiger partial charge in [-0.05, 0) is 23.8 Å². The molecule has 19 heavy (non-hydrogen) atoms. The Morgan fingerprint density at radius 1 is 0.947 bits per heavy atom. The third kappa shape index (κ3) is 4.13. The van der Waals surface area contributed by atoms with Gasteiger partial charge in [0.05, 0.1) is 6.61 Å². The van der Waals surface area contributed by atoms with E-state index >= 15 is 0 Å². The summed E-state index contributed by atoms with van der Waals surface area (Å²) in [6.07, 6.45) is 4.03. The quantitative estimate of drug-likeness (QED) is 0.752. The van der Waals surface area contributed by atoms with Crippen LogP contribution in [0.4, 0.5) is 0 Å². The summed E-state index contributed by atoms with van der Waals surface area (Å²) in [5.74, 6) is 6.39. The second-order valence-corrected chi connectivity index (χ2v) is 4.06. The molecule has 0 unspecified atom stereocenters. The lowest BCUT2D eigenvalue weighted by atomic mass is 10.1. The monoisotopic (exact) mass is 248 g/mol. The van der Waals surface area contributed by atoms with Crippen molar-refractivity contribution in [1.29, 1.82) is 0 Å². The first-order valence-corrected chi connectivity index (χ1v) is 6.22. The minimum Gasteiger partial charge on any atom is -0.381 e. The van der Waals surface area contributed by atoms with E-state index in [0.717, 1.165) is 16.7 Å². The van der Waals surface area contributed by atoms with Crippen molar-refractivity contribution in [1.82, 2.24) is 0 Å². The van der Waals surface area contributed by atoms with E-state index < -0.39 is 0 Å². The first kappa shape index (κ1) is 13.1. The van der Waals surface area contributed by atoms with Crippen molar-refractivity contribution in [3.05, 3.63) is 77.4 Å². The summed E-state index contributed by atoms with van der Waals surface area (Å²) in [7, 11) is 1.69. The van der Waals surface area contributed by atoms with Crippen molar-refractivity contribution in [2.75, 3.05) is 13.7 Å². The van der Waals surface area contributed by atoms with Crippen LogP contribution in [0.25, 0.3) is 6.08 Å². The summed E-state index contributed by atoms with van der Waals surface area (Å²) < 4.78 is 5.01. The Morgan fingerprint density at radius 2 is 1.68 bits per heavy atom. The van der Waals surface area contributed by atoms with Crippen LogP contribution in [0, 0.1) is 11.8 Å². The van der Waals surface area contributed by atoms with Gasteiger partial charge < -0.3 is 4.74 Å². The summed E-state index contributed by atoms with van der Waals surface area (Å²) >= 11 is 0. The molecule has 0 saturated carbocycles. The molecule has 0 aliphatic carbocycles. The Bertz CT molecular complexity index is 600. The van der Waals surface area contributed by atoms with Gasteiger partial charge in [-0.1, -0.05) is 60.4 Å². The molecule has 1 nitrogen and oxygen atoms in total. The van der Waals surface area contributed by atoms with Gasteiger partial charge in [-0.15, -0.1) is 0 Å². The molecule has 2 aromatic carbocycles. The fraction of sp³-hybridized carbons (Fsp3) is 0.111. The molecule has 2 rings (SSSR count). The van der Waals surface area contributed by atoms with Crippen LogP contribution in [0.5, 0.6) is 0 Å². The van der Waals surface area contributed by atoms with E-state index in [4.69, 9.17) is 4.74 Å². The summed E-state index contributed by atoms with van der Waals surface area (Å²) in [6, 6.07) is 18.1. The van der Waals surface area contributed by atoms with Crippen LogP contribution < -0.4 is 0 Å². The normalized spacial score (nSPS) is 10.2. The van der Waals surface area contributed by atoms with Crippen LogP contribution in [-0.2, 0) is 4.74 Å². The number of hydrogen-bond donors (Lipinski definition) is 0. The van der Waals surface area contributed by atoms with Crippen molar-refractivity contribution < 1.29 is 4.74 Å². The zero-order chi connectivity index (χ0) is 13.3. The van der Waals surface area contributed by atoms with E-state index in [9.17, 15) is 0 Å². The topological polar surface area (TPSA) is 9.23 Å². The van der Waals surface area contributed by atoms with E-state index in [-0.39, 0.29) is 0 Å². The van der Waals surface area contributed by atoms with Crippen molar-refractivity contribution in [2.45, 2.75) is 0 Å². The molecule has 0 heterocycles. The van der Waals surface area contributed by atoms with Crippen molar-refractivity contribution in [2.24, 2.45) is 0 Å². The van der Waals surface area contributed by atoms with E-state index in [2.05, 4.69) is 17.9 Å². The molecule has 0 bridgehead atoms. The van der Waals surface area contributed by atoms with E-state index in [1.165, 1.54) is 0 Å². The van der Waals surface area contributed by atoms with Crippen molar-refractivity contribution in [3.8, 4) is 11.8 Å². The maximum Gasteiger partial charge on any atom is 0.0646 e. The average Bonchev–Trinajstić information content (AvgIpc) is 2.48. The minimum atomic E-state index is 0.612. The van der Waals surface area contributed by atoms with Crippen molar-refractivity contribution >= 4 is 6.08 Å². The Labute approximate surface area is 114 Å². The van der Waals surface area contributed by atoms with Gasteiger partial charge in [0.25, 0.3) is 0 Å². The highest BCUT2D eigenvalue weighted by Crippen LogP contribution is 2.09. The fourth-order valence-corrected chi connectivity index (χ4v) is 1.69. The predicted molar refractivity (Wildman–Crippen MR) is 79.8 cm³/mol. The molecular formula is C18H16O. The second kappa shape index (κ2) is 7.20. The minimum absolute atomic E-state index is 0.612. The molecule has 0 radical (unpaired) electrons. The third-order valence-corrected chi connectivity index (χ3v) is 2.64. The lowest BCUT2D eigenvalue weighted by molar-refractivity contribution is 0.234. The zero-order valence-corrected chi connectivity index (χ0v) is 11.0. The first-order valence-electron chi connectivity index (χ1n) is 6.22. The molecule has 94 valence electrons. The summed E-state index contributed by atoms with van der Waals surface area (Å²) in [5, 5.41) is 0. The van der Waals surface area contributed by atoms with Crippen LogP contribution >= 0.6 is 0 Å². The number of methoxy groups -OCH3 is 1. The molecule has 0 amide bonds. The van der Waals surface area contributed by atoms with Gasteiger partial charge in [0, 0.05) is 18.2 Å². The second-order valence-electron chi connectivity index (χ2n) is 4.06. The van der Waals surface area contributed by atoms with Crippen LogP contribution in [0.15, 0.2) is 60.7 Å². The SMILES string of the molecule is COCC=Cc1ccccc1C#Cc1ccccc1. The van der Waals surface area contributed by atoms with Gasteiger partial charge in [0.1, 0.15) is 0 Å². The molecule has 2 aromatic rings. The predicted octanol–water partition coefficient (Wildman–Crippen LogP) is 3.75. The average molecular weight is 248 g/mol. The van der Waals surface area contributed by atoms with Gasteiger partial charge in [0.2, 0.25) is 0 Å². The summed E-state index contributed by atoms with van der Waals surface area (Å²) in [4.78, 5) is 0. The Kier molecular flexibility index (Phi) is 4.98. The molecular weight excluding hydrogens is 232 g/mol. The van der Waals surface area contributed by atoms with Crippen LogP contribution in [-0.4, -0.2) is 13.7 Å². The molecule has 0 aliphatic heterocycles. The first-order chi connectivity index (χ1) is 9.40. The highest BCUT2D eigenvalue weighted by Gasteiger charge is 1.94. The highest BCUT2D eigenvalue weighted by atomic mass is 16.5. The fourth-order valence-electron chi connectivity index (χ4n) is 1.69. The number of benzene rings is 2. The number of hydrogen-bond acceptors (Lipinski definition) is 1. The zero-order valence-electron chi connectivity index (χ0n) is 11.0. The standard InChI is InChI=1S/C18H16O/c1-19-15-7-12-17-10-5-6-11-18(17)14-13-16-8-3-2-4-9-16/h2-12H,15H2,1H3. The van der Waals surface area contributed by atoms with Crippen LogP contribution in [0.1, 0.15) is 16.7 Å². The lowest BCUT2D eigenvalue weighted by Crippen LogP contribution is -1.84. The summed E-state index contributed by atoms with van der Waals surface area (Å²) in [5.41, 5.74) is 3.17. The molecule has 0 spiro atoms. The van der Waals surface area contributed by atoms with Gasteiger partial charge in [0.15, 0.2) is 0 Å². The number of ether oxygens (including phenoxy) is 1. The van der Waals surface area contributed by atoms with E-state index in [0.29, 0.717) is 6.61 Å².